The van der Waals surface area contributed by atoms with Crippen molar-refractivity contribution in [2.45, 2.75) is 6.92 Å². The van der Waals surface area contributed by atoms with Gasteiger partial charge in [0.25, 0.3) is 5.56 Å². The third-order valence-corrected chi connectivity index (χ3v) is 5.21. The summed E-state index contributed by atoms with van der Waals surface area (Å²) >= 11 is 7.41. The van der Waals surface area contributed by atoms with Crippen molar-refractivity contribution >= 4 is 33.2 Å². The summed E-state index contributed by atoms with van der Waals surface area (Å²) in [6.07, 6.45) is 1.56. The molecule has 26 heavy (non-hydrogen) atoms. The lowest BCUT2D eigenvalue weighted by Gasteiger charge is -2.07. The molecule has 0 fully saturated rings. The average molecular weight is 383 g/mol. The Hall–Kier alpha value is -2.63. The van der Waals surface area contributed by atoms with Crippen molar-refractivity contribution in [3.8, 4) is 22.6 Å². The van der Waals surface area contributed by atoms with E-state index >= 15 is 0 Å². The summed E-state index contributed by atoms with van der Waals surface area (Å²) < 4.78 is 7.03. The van der Waals surface area contributed by atoms with Crippen molar-refractivity contribution in [3.63, 3.8) is 0 Å². The van der Waals surface area contributed by atoms with E-state index in [4.69, 9.17) is 16.3 Å². The highest BCUT2D eigenvalue weighted by molar-refractivity contribution is 7.17. The van der Waals surface area contributed by atoms with Crippen LogP contribution < -0.4 is 10.3 Å². The maximum Gasteiger partial charge on any atom is 0.267 e. The molecule has 0 saturated carbocycles. The summed E-state index contributed by atoms with van der Waals surface area (Å²) in [5, 5.41) is 3.22. The summed E-state index contributed by atoms with van der Waals surface area (Å²) in [4.78, 5) is 18.3. The van der Waals surface area contributed by atoms with E-state index in [1.54, 1.807) is 35.2 Å². The fraction of sp³-hybridized carbons (Fsp3) is 0.100. The molecule has 6 heteroatoms. The zero-order valence-corrected chi connectivity index (χ0v) is 15.6. The molecule has 0 aliphatic carbocycles. The molecule has 2 heterocycles. The van der Waals surface area contributed by atoms with Crippen LogP contribution in [0, 0.1) is 0 Å². The Labute approximate surface area is 159 Å². The van der Waals surface area contributed by atoms with E-state index in [-0.39, 0.29) is 5.56 Å². The standard InChI is InChI=1S/C20H15ClN2O2S/c1-2-25-16-9-3-13(4-10-16)17-11-26-19-18(17)20(24)23(12-22-19)15-7-5-14(21)6-8-15/h3-12H,2H2,1H3. The summed E-state index contributed by atoms with van der Waals surface area (Å²) in [5.74, 6) is 0.812. The summed E-state index contributed by atoms with van der Waals surface area (Å²) in [5.41, 5.74) is 2.49. The topological polar surface area (TPSA) is 44.1 Å². The molecule has 0 saturated heterocycles. The maximum atomic E-state index is 13.1. The van der Waals surface area contributed by atoms with E-state index < -0.39 is 0 Å². The minimum atomic E-state index is -0.0949. The minimum Gasteiger partial charge on any atom is -0.494 e. The Balaban J connectivity index is 1.85. The molecule has 0 N–H and O–H groups in total. The molecule has 0 radical (unpaired) electrons. The molecule has 0 aliphatic heterocycles. The quantitative estimate of drug-likeness (QED) is 0.489. The van der Waals surface area contributed by atoms with E-state index in [1.807, 2.05) is 36.6 Å². The largest absolute Gasteiger partial charge is 0.494 e. The number of ether oxygens (including phenoxy) is 1. The molecule has 2 aromatic carbocycles. The molecule has 0 spiro atoms. The second kappa shape index (κ2) is 6.94. The Morgan fingerprint density at radius 3 is 2.54 bits per heavy atom. The smallest absolute Gasteiger partial charge is 0.267 e. The number of thiophene rings is 1. The lowest BCUT2D eigenvalue weighted by Crippen LogP contribution is -2.18. The van der Waals surface area contributed by atoms with Gasteiger partial charge in [-0.05, 0) is 48.9 Å². The lowest BCUT2D eigenvalue weighted by molar-refractivity contribution is 0.340. The Kier molecular flexibility index (Phi) is 4.49. The highest BCUT2D eigenvalue weighted by Gasteiger charge is 2.14. The molecular formula is C20H15ClN2O2S. The number of halogens is 1. The SMILES string of the molecule is CCOc1ccc(-c2csc3ncn(-c4ccc(Cl)cc4)c(=O)c23)cc1. The zero-order valence-electron chi connectivity index (χ0n) is 14.0. The fourth-order valence-electron chi connectivity index (χ4n) is 2.83. The predicted octanol–water partition coefficient (Wildman–Crippen LogP) is 5.17. The number of hydrogen-bond acceptors (Lipinski definition) is 4. The third-order valence-electron chi connectivity index (χ3n) is 4.08. The van der Waals surface area contributed by atoms with Crippen molar-refractivity contribution in [3.05, 3.63) is 75.6 Å². The first kappa shape index (κ1) is 16.8. The van der Waals surface area contributed by atoms with Crippen LogP contribution >= 0.6 is 22.9 Å². The first-order valence-corrected chi connectivity index (χ1v) is 9.41. The monoisotopic (exact) mass is 382 g/mol. The van der Waals surface area contributed by atoms with Gasteiger partial charge in [-0.15, -0.1) is 11.3 Å². The van der Waals surface area contributed by atoms with Crippen molar-refractivity contribution in [1.82, 2.24) is 9.55 Å². The van der Waals surface area contributed by atoms with E-state index in [0.717, 1.165) is 27.4 Å². The molecule has 0 bridgehead atoms. The number of hydrogen-bond donors (Lipinski definition) is 0. The van der Waals surface area contributed by atoms with Gasteiger partial charge in [-0.2, -0.15) is 0 Å². The second-order valence-electron chi connectivity index (χ2n) is 5.68. The molecule has 0 atom stereocenters. The third kappa shape index (κ3) is 3.00. The van der Waals surface area contributed by atoms with E-state index in [1.165, 1.54) is 11.3 Å². The van der Waals surface area contributed by atoms with Crippen molar-refractivity contribution in [2.75, 3.05) is 6.61 Å². The summed E-state index contributed by atoms with van der Waals surface area (Å²) in [6.45, 7) is 2.57. The van der Waals surface area contributed by atoms with Gasteiger partial charge in [0.05, 0.1) is 17.7 Å². The molecule has 4 aromatic rings. The number of fused-ring (bicyclic) bond motifs is 1. The van der Waals surface area contributed by atoms with Gasteiger partial charge in [0.2, 0.25) is 0 Å². The first-order valence-electron chi connectivity index (χ1n) is 8.15. The molecule has 4 rings (SSSR count). The van der Waals surface area contributed by atoms with Crippen LogP contribution in [0.1, 0.15) is 6.92 Å². The van der Waals surface area contributed by atoms with Gasteiger partial charge in [0.1, 0.15) is 16.9 Å². The average Bonchev–Trinajstić information content (AvgIpc) is 3.09. The Morgan fingerprint density at radius 1 is 1.12 bits per heavy atom. The van der Waals surface area contributed by atoms with Gasteiger partial charge in [-0.25, -0.2) is 4.98 Å². The Morgan fingerprint density at radius 2 is 1.85 bits per heavy atom. The molecule has 0 aliphatic rings. The van der Waals surface area contributed by atoms with Crippen LogP contribution in [0.2, 0.25) is 5.02 Å². The number of benzene rings is 2. The van der Waals surface area contributed by atoms with Crippen LogP contribution in [-0.4, -0.2) is 16.2 Å². The normalized spacial score (nSPS) is 11.0. The van der Waals surface area contributed by atoms with Crippen LogP contribution in [0.3, 0.4) is 0 Å². The molecule has 130 valence electrons. The molecular weight excluding hydrogens is 368 g/mol. The van der Waals surface area contributed by atoms with E-state index in [0.29, 0.717) is 17.0 Å². The molecule has 0 amide bonds. The van der Waals surface area contributed by atoms with Gasteiger partial charge < -0.3 is 4.74 Å². The second-order valence-corrected chi connectivity index (χ2v) is 6.98. The number of aromatic nitrogens is 2. The van der Waals surface area contributed by atoms with Crippen molar-refractivity contribution in [2.24, 2.45) is 0 Å². The molecule has 0 unspecified atom stereocenters. The highest BCUT2D eigenvalue weighted by Crippen LogP contribution is 2.31. The van der Waals surface area contributed by atoms with Gasteiger partial charge in [-0.1, -0.05) is 23.7 Å². The van der Waals surface area contributed by atoms with Crippen molar-refractivity contribution < 1.29 is 4.74 Å². The van der Waals surface area contributed by atoms with Crippen LogP contribution in [0.5, 0.6) is 5.75 Å². The van der Waals surface area contributed by atoms with Gasteiger partial charge in [-0.3, -0.25) is 9.36 Å². The van der Waals surface area contributed by atoms with Gasteiger partial charge >= 0.3 is 0 Å². The Bertz CT molecular complexity index is 1120. The van der Waals surface area contributed by atoms with Crippen LogP contribution in [-0.2, 0) is 0 Å². The first-order chi connectivity index (χ1) is 12.7. The minimum absolute atomic E-state index is 0.0949. The highest BCUT2D eigenvalue weighted by atomic mass is 35.5. The van der Waals surface area contributed by atoms with Gasteiger partial charge in [0.15, 0.2) is 0 Å². The molecule has 2 aromatic heterocycles. The van der Waals surface area contributed by atoms with Crippen LogP contribution in [0.25, 0.3) is 27.0 Å². The summed E-state index contributed by atoms with van der Waals surface area (Å²) in [6, 6.07) is 14.9. The van der Waals surface area contributed by atoms with Crippen molar-refractivity contribution in [1.29, 1.82) is 0 Å². The summed E-state index contributed by atoms with van der Waals surface area (Å²) in [7, 11) is 0. The van der Waals surface area contributed by atoms with E-state index in [9.17, 15) is 4.79 Å². The number of rotatable bonds is 4. The fourth-order valence-corrected chi connectivity index (χ4v) is 3.86. The number of nitrogens with zero attached hydrogens (tertiary/aromatic N) is 2. The van der Waals surface area contributed by atoms with Crippen LogP contribution in [0.15, 0.2) is 65.0 Å². The zero-order chi connectivity index (χ0) is 18.1. The van der Waals surface area contributed by atoms with Gasteiger partial charge in [0, 0.05) is 16.0 Å². The van der Waals surface area contributed by atoms with Crippen LogP contribution in [0.4, 0.5) is 0 Å². The molecule has 4 nitrogen and oxygen atoms in total. The predicted molar refractivity (Wildman–Crippen MR) is 107 cm³/mol. The maximum absolute atomic E-state index is 13.1. The van der Waals surface area contributed by atoms with E-state index in [2.05, 4.69) is 4.98 Å². The lowest BCUT2D eigenvalue weighted by atomic mass is 10.1.